The Bertz CT molecular complexity index is 1360. The van der Waals surface area contributed by atoms with Crippen LogP contribution in [0.25, 0.3) is 28.0 Å². The van der Waals surface area contributed by atoms with Crippen molar-refractivity contribution in [2.45, 2.75) is 70.8 Å². The minimum absolute atomic E-state index is 0.0122. The fourth-order valence-corrected chi connectivity index (χ4v) is 4.47. The van der Waals surface area contributed by atoms with Crippen molar-refractivity contribution in [3.05, 3.63) is 40.1 Å². The molecule has 0 aliphatic carbocycles. The van der Waals surface area contributed by atoms with Crippen LogP contribution in [0.15, 0.2) is 33.5 Å². The molecule has 0 saturated carbocycles. The number of ether oxygens (including phenoxy) is 3. The third kappa shape index (κ3) is 7.66. The summed E-state index contributed by atoms with van der Waals surface area (Å²) in [6.45, 7) is 2.13. The molecule has 0 bridgehead atoms. The molecule has 0 amide bonds. The zero-order valence-electron chi connectivity index (χ0n) is 22.8. The van der Waals surface area contributed by atoms with Gasteiger partial charge in [0.2, 0.25) is 5.43 Å². The molecule has 0 radical (unpaired) electrons. The Morgan fingerprint density at radius 3 is 2.44 bits per heavy atom. The Morgan fingerprint density at radius 1 is 1.00 bits per heavy atom. The molecule has 3 N–H and O–H groups in total. The second kappa shape index (κ2) is 14.4. The molecule has 1 heterocycles. The Hall–Kier alpha value is -3.72. The molecule has 0 spiro atoms. The van der Waals surface area contributed by atoms with Crippen molar-refractivity contribution in [1.82, 2.24) is 0 Å². The number of rotatable bonds is 15. The summed E-state index contributed by atoms with van der Waals surface area (Å²) < 4.78 is 21.6. The number of carbonyl (C=O) groups excluding carboxylic acids is 1. The van der Waals surface area contributed by atoms with E-state index in [1.165, 1.54) is 38.5 Å². The SMILES string of the molecule is CCCCC[C@H](O)CCCCCC(=O)OCC=Cc1cc(OC)c2oc3cc(OC)cc(O)c3c(=O)c2c1O. The molecule has 0 unspecified atom stereocenters. The van der Waals surface area contributed by atoms with Gasteiger partial charge < -0.3 is 33.9 Å². The molecule has 0 aliphatic heterocycles. The maximum atomic E-state index is 13.2. The van der Waals surface area contributed by atoms with Crippen molar-refractivity contribution in [3.8, 4) is 23.0 Å². The van der Waals surface area contributed by atoms with Crippen molar-refractivity contribution in [2.24, 2.45) is 0 Å². The van der Waals surface area contributed by atoms with Gasteiger partial charge >= 0.3 is 5.97 Å². The van der Waals surface area contributed by atoms with Gasteiger partial charge in [-0.1, -0.05) is 45.1 Å². The highest BCUT2D eigenvalue weighted by Crippen LogP contribution is 2.39. The minimum Gasteiger partial charge on any atom is -0.507 e. The predicted octanol–water partition coefficient (Wildman–Crippen LogP) is 5.82. The third-order valence-electron chi connectivity index (χ3n) is 6.62. The summed E-state index contributed by atoms with van der Waals surface area (Å²) in [6.07, 6.45) is 10.4. The van der Waals surface area contributed by atoms with Gasteiger partial charge in [0, 0.05) is 24.1 Å². The predicted molar refractivity (Wildman–Crippen MR) is 150 cm³/mol. The quantitative estimate of drug-likeness (QED) is 0.123. The average Bonchev–Trinajstić information content (AvgIpc) is 2.91. The van der Waals surface area contributed by atoms with Crippen LogP contribution in [0.1, 0.15) is 70.3 Å². The third-order valence-corrected chi connectivity index (χ3v) is 6.62. The largest absolute Gasteiger partial charge is 0.507 e. The normalized spacial score (nSPS) is 12.3. The van der Waals surface area contributed by atoms with Crippen LogP contribution in [-0.4, -0.2) is 48.2 Å². The zero-order valence-corrected chi connectivity index (χ0v) is 22.8. The number of phenolic OH excluding ortho intramolecular Hbond substituents is 2. The summed E-state index contributed by atoms with van der Waals surface area (Å²) in [7, 11) is 2.83. The lowest BCUT2D eigenvalue weighted by molar-refractivity contribution is -0.142. The van der Waals surface area contributed by atoms with E-state index in [1.807, 2.05) is 0 Å². The molecule has 9 nitrogen and oxygen atoms in total. The van der Waals surface area contributed by atoms with E-state index in [-0.39, 0.29) is 69.9 Å². The Morgan fingerprint density at radius 2 is 1.74 bits per heavy atom. The van der Waals surface area contributed by atoms with E-state index in [4.69, 9.17) is 18.6 Å². The van der Waals surface area contributed by atoms with Gasteiger partial charge in [-0.05, 0) is 31.4 Å². The van der Waals surface area contributed by atoms with Crippen molar-refractivity contribution < 1.29 is 38.7 Å². The lowest BCUT2D eigenvalue weighted by Crippen LogP contribution is -2.07. The smallest absolute Gasteiger partial charge is 0.306 e. The molecule has 3 rings (SSSR count). The van der Waals surface area contributed by atoms with Crippen LogP contribution < -0.4 is 14.9 Å². The number of carbonyl (C=O) groups is 1. The van der Waals surface area contributed by atoms with Gasteiger partial charge in [0.15, 0.2) is 11.3 Å². The highest BCUT2D eigenvalue weighted by molar-refractivity contribution is 6.00. The van der Waals surface area contributed by atoms with Crippen molar-refractivity contribution in [1.29, 1.82) is 0 Å². The van der Waals surface area contributed by atoms with Crippen LogP contribution in [0, 0.1) is 0 Å². The minimum atomic E-state index is -0.627. The summed E-state index contributed by atoms with van der Waals surface area (Å²) in [6, 6.07) is 4.25. The number of hydrogen-bond acceptors (Lipinski definition) is 9. The molecule has 0 fully saturated rings. The number of hydrogen-bond donors (Lipinski definition) is 3. The number of aliphatic hydroxyl groups excluding tert-OH is 1. The average molecular weight is 543 g/mol. The zero-order chi connectivity index (χ0) is 28.4. The number of unbranched alkanes of at least 4 members (excludes halogenated alkanes) is 4. The Balaban J connectivity index is 1.62. The number of fused-ring (bicyclic) bond motifs is 2. The molecule has 0 aliphatic rings. The topological polar surface area (TPSA) is 136 Å². The lowest BCUT2D eigenvalue weighted by atomic mass is 10.0. The number of aliphatic hydroxyl groups is 1. The second-order valence-electron chi connectivity index (χ2n) is 9.51. The number of benzene rings is 2. The highest BCUT2D eigenvalue weighted by atomic mass is 16.5. The molecule has 1 atom stereocenters. The van der Waals surface area contributed by atoms with E-state index in [0.29, 0.717) is 12.2 Å². The van der Waals surface area contributed by atoms with Gasteiger partial charge in [-0.15, -0.1) is 0 Å². The van der Waals surface area contributed by atoms with Crippen LogP contribution in [0.5, 0.6) is 23.0 Å². The summed E-state index contributed by atoms with van der Waals surface area (Å²) in [5, 5.41) is 31.0. The number of aromatic hydroxyl groups is 2. The standard InChI is InChI=1S/C30H38O9/c1-4-5-7-12-20(31)13-8-6-9-14-25(33)38-15-10-11-19-16-24(37-3)30-27(28(19)34)29(35)26-22(32)17-21(36-2)18-23(26)39-30/h10-11,16-18,20,31-32,34H,4-9,12-15H2,1-3H3/t20-/m0/s1. The van der Waals surface area contributed by atoms with Gasteiger partial charge in [-0.25, -0.2) is 0 Å². The van der Waals surface area contributed by atoms with Gasteiger partial charge in [0.1, 0.15) is 40.2 Å². The first kappa shape index (κ1) is 29.8. The molecule has 3 aromatic rings. The first-order valence-corrected chi connectivity index (χ1v) is 13.4. The first-order valence-electron chi connectivity index (χ1n) is 13.4. The summed E-state index contributed by atoms with van der Waals surface area (Å²) in [5.41, 5.74) is -0.262. The molecular weight excluding hydrogens is 504 g/mol. The summed E-state index contributed by atoms with van der Waals surface area (Å²) in [5.74, 6) is -0.514. The number of methoxy groups -OCH3 is 2. The number of esters is 1. The van der Waals surface area contributed by atoms with E-state index in [2.05, 4.69) is 6.92 Å². The molecule has 0 saturated heterocycles. The summed E-state index contributed by atoms with van der Waals surface area (Å²) >= 11 is 0. The van der Waals surface area contributed by atoms with Gasteiger partial charge in [0.05, 0.1) is 20.3 Å². The fourth-order valence-electron chi connectivity index (χ4n) is 4.47. The second-order valence-corrected chi connectivity index (χ2v) is 9.51. The maximum absolute atomic E-state index is 13.2. The Kier molecular flexibility index (Phi) is 11.0. The fraction of sp³-hybridized carbons (Fsp3) is 0.467. The van der Waals surface area contributed by atoms with Crippen molar-refractivity contribution >= 4 is 34.0 Å². The van der Waals surface area contributed by atoms with E-state index in [1.54, 1.807) is 6.08 Å². The maximum Gasteiger partial charge on any atom is 0.306 e. The molecule has 1 aromatic heterocycles. The van der Waals surface area contributed by atoms with Gasteiger partial charge in [-0.3, -0.25) is 9.59 Å². The van der Waals surface area contributed by atoms with Crippen LogP contribution in [0.3, 0.4) is 0 Å². The van der Waals surface area contributed by atoms with E-state index in [0.717, 1.165) is 44.9 Å². The monoisotopic (exact) mass is 542 g/mol. The van der Waals surface area contributed by atoms with Crippen LogP contribution >= 0.6 is 0 Å². The lowest BCUT2D eigenvalue weighted by Gasteiger charge is -2.11. The first-order chi connectivity index (χ1) is 18.8. The number of phenols is 2. The van der Waals surface area contributed by atoms with Crippen LogP contribution in [0.4, 0.5) is 0 Å². The molecule has 9 heteroatoms. The van der Waals surface area contributed by atoms with Gasteiger partial charge in [0.25, 0.3) is 0 Å². The van der Waals surface area contributed by atoms with Crippen molar-refractivity contribution in [2.75, 3.05) is 20.8 Å². The molecule has 212 valence electrons. The molecule has 39 heavy (non-hydrogen) atoms. The summed E-state index contributed by atoms with van der Waals surface area (Å²) in [4.78, 5) is 25.3. The van der Waals surface area contributed by atoms with E-state index in [9.17, 15) is 24.9 Å². The Labute approximate surface area is 227 Å². The van der Waals surface area contributed by atoms with Crippen molar-refractivity contribution in [3.63, 3.8) is 0 Å². The molecular formula is C30H38O9. The van der Waals surface area contributed by atoms with Gasteiger partial charge in [-0.2, -0.15) is 0 Å². The van der Waals surface area contributed by atoms with Crippen LogP contribution in [0.2, 0.25) is 0 Å². The van der Waals surface area contributed by atoms with E-state index >= 15 is 0 Å². The highest BCUT2D eigenvalue weighted by Gasteiger charge is 2.21. The van der Waals surface area contributed by atoms with Crippen LogP contribution in [-0.2, 0) is 9.53 Å². The molecule has 2 aromatic carbocycles. The van der Waals surface area contributed by atoms with E-state index < -0.39 is 5.43 Å².